The van der Waals surface area contributed by atoms with Crippen LogP contribution in [0.25, 0.3) is 0 Å². The van der Waals surface area contributed by atoms with Crippen LogP contribution in [0.3, 0.4) is 0 Å². The van der Waals surface area contributed by atoms with Gasteiger partial charge in [-0.25, -0.2) is 0 Å². The molecule has 30 heavy (non-hydrogen) atoms. The number of benzene rings is 1. The smallest absolute Gasteiger partial charge is 0.232 e. The maximum absolute atomic E-state index is 12.5. The first-order valence-corrected chi connectivity index (χ1v) is 11.0. The summed E-state index contributed by atoms with van der Waals surface area (Å²) in [5, 5.41) is 0. The first-order chi connectivity index (χ1) is 14.4. The molecule has 2 aliphatic rings. The summed E-state index contributed by atoms with van der Waals surface area (Å²) in [7, 11) is 1.66. The van der Waals surface area contributed by atoms with Gasteiger partial charge in [-0.1, -0.05) is 13.8 Å². The zero-order valence-corrected chi connectivity index (χ0v) is 18.4. The maximum atomic E-state index is 12.5. The van der Waals surface area contributed by atoms with Gasteiger partial charge in [0.05, 0.1) is 13.2 Å². The second-order valence-electron chi connectivity index (χ2n) is 8.82. The number of carbonyl (C=O) groups excluding carboxylic acids is 2. The van der Waals surface area contributed by atoms with Gasteiger partial charge in [0.1, 0.15) is 6.42 Å². The van der Waals surface area contributed by atoms with E-state index in [2.05, 4.69) is 24.8 Å². The Bertz CT molecular complexity index is 746. The van der Waals surface area contributed by atoms with Crippen molar-refractivity contribution in [3.05, 3.63) is 18.2 Å². The minimum atomic E-state index is -0.574. The fraction of sp³-hybridized carbons (Fsp3) is 0.652. The van der Waals surface area contributed by atoms with E-state index in [1.807, 2.05) is 17.0 Å². The predicted molar refractivity (Wildman–Crippen MR) is 117 cm³/mol. The molecule has 1 aliphatic carbocycles. The summed E-state index contributed by atoms with van der Waals surface area (Å²) in [6, 6.07) is 6.12. The molecule has 0 bridgehead atoms. The van der Waals surface area contributed by atoms with Gasteiger partial charge in [-0.3, -0.25) is 9.59 Å². The Balaban J connectivity index is 1.76. The van der Waals surface area contributed by atoms with Crippen LogP contribution in [0.15, 0.2) is 18.2 Å². The minimum absolute atomic E-state index is 0.0481. The molecule has 7 heteroatoms. The number of rotatable bonds is 8. The zero-order chi connectivity index (χ0) is 21.7. The topological polar surface area (TPSA) is 85.1 Å². The summed E-state index contributed by atoms with van der Waals surface area (Å²) in [6.45, 7) is 6.30. The average Bonchev–Trinajstić information content (AvgIpc) is 3.20. The van der Waals surface area contributed by atoms with E-state index in [-0.39, 0.29) is 24.5 Å². The lowest BCUT2D eigenvalue weighted by Gasteiger charge is -2.43. The van der Waals surface area contributed by atoms with Crippen LogP contribution in [0.4, 0.5) is 5.69 Å². The van der Waals surface area contributed by atoms with Gasteiger partial charge in [0.15, 0.2) is 11.5 Å². The van der Waals surface area contributed by atoms with Crippen LogP contribution in [0.5, 0.6) is 11.5 Å². The number of hydrogen-bond acceptors (Lipinski definition) is 5. The second kappa shape index (κ2) is 10.0. The molecular weight excluding hydrogens is 382 g/mol. The highest BCUT2D eigenvalue weighted by Crippen LogP contribution is 2.36. The molecule has 0 spiro atoms. The molecule has 1 saturated heterocycles. The van der Waals surface area contributed by atoms with E-state index in [1.165, 1.54) is 12.8 Å². The Labute approximate surface area is 179 Å². The largest absolute Gasteiger partial charge is 0.493 e. The molecule has 2 fully saturated rings. The summed E-state index contributed by atoms with van der Waals surface area (Å²) in [5.41, 5.74) is 6.32. The second-order valence-corrected chi connectivity index (χ2v) is 8.82. The van der Waals surface area contributed by atoms with E-state index in [0.29, 0.717) is 19.0 Å². The Morgan fingerprint density at radius 2 is 1.90 bits per heavy atom. The number of ether oxygens (including phenoxy) is 2. The van der Waals surface area contributed by atoms with Gasteiger partial charge in [0.25, 0.3) is 0 Å². The molecule has 2 amide bonds. The van der Waals surface area contributed by atoms with Crippen LogP contribution in [0.1, 0.15) is 52.4 Å². The van der Waals surface area contributed by atoms with Gasteiger partial charge in [-0.15, -0.1) is 0 Å². The number of anilines is 1. The molecule has 3 rings (SSSR count). The van der Waals surface area contributed by atoms with Crippen LogP contribution >= 0.6 is 0 Å². The zero-order valence-electron chi connectivity index (χ0n) is 18.4. The molecule has 1 heterocycles. The summed E-state index contributed by atoms with van der Waals surface area (Å²) < 4.78 is 11.8. The van der Waals surface area contributed by atoms with Crippen molar-refractivity contribution >= 4 is 17.5 Å². The van der Waals surface area contributed by atoms with Crippen molar-refractivity contribution in [3.63, 3.8) is 0 Å². The minimum Gasteiger partial charge on any atom is -0.493 e. The number of hydrogen-bond donors (Lipinski definition) is 1. The van der Waals surface area contributed by atoms with Crippen LogP contribution in [-0.4, -0.2) is 55.6 Å². The number of carbonyl (C=O) groups is 2. The van der Waals surface area contributed by atoms with Gasteiger partial charge in [-0.2, -0.15) is 0 Å². The normalized spacial score (nSPS) is 19.9. The van der Waals surface area contributed by atoms with Crippen molar-refractivity contribution < 1.29 is 19.1 Å². The highest BCUT2D eigenvalue weighted by Gasteiger charge is 2.32. The fourth-order valence-electron chi connectivity index (χ4n) is 4.55. The molecule has 1 aromatic rings. The molecule has 0 radical (unpaired) electrons. The quantitative estimate of drug-likeness (QED) is 0.658. The number of primary amides is 1. The standard InChI is InChI=1S/C23H35N3O4/c1-16(2)12-18-15-25(10-11-26(18)23(28)14-22(24)27)17-8-9-20(29-3)21(13-17)30-19-6-4-5-7-19/h8-9,13,16,18-19H,4-7,10-12,14-15H2,1-3H3,(H2,24,27). The first kappa shape index (κ1) is 22.2. The third kappa shape index (κ3) is 5.58. The lowest BCUT2D eigenvalue weighted by atomic mass is 9.99. The van der Waals surface area contributed by atoms with Gasteiger partial charge in [-0.05, 0) is 50.2 Å². The van der Waals surface area contributed by atoms with Crippen molar-refractivity contribution in [2.45, 2.75) is 64.5 Å². The molecule has 7 nitrogen and oxygen atoms in total. The molecule has 1 unspecified atom stereocenters. The van der Waals surface area contributed by atoms with Crippen molar-refractivity contribution in [2.24, 2.45) is 11.7 Å². The van der Waals surface area contributed by atoms with E-state index in [4.69, 9.17) is 15.2 Å². The number of nitrogens with zero attached hydrogens (tertiary/aromatic N) is 2. The molecular formula is C23H35N3O4. The van der Waals surface area contributed by atoms with Crippen molar-refractivity contribution in [3.8, 4) is 11.5 Å². The molecule has 2 N–H and O–H groups in total. The van der Waals surface area contributed by atoms with E-state index in [9.17, 15) is 9.59 Å². The monoisotopic (exact) mass is 417 g/mol. The Morgan fingerprint density at radius 1 is 1.17 bits per heavy atom. The number of amides is 2. The SMILES string of the molecule is COc1ccc(N2CCN(C(=O)CC(N)=O)C(CC(C)C)C2)cc1OC1CCCC1. The summed E-state index contributed by atoms with van der Waals surface area (Å²) in [6.07, 6.45) is 5.51. The van der Waals surface area contributed by atoms with Crippen molar-refractivity contribution in [1.82, 2.24) is 4.90 Å². The first-order valence-electron chi connectivity index (χ1n) is 11.0. The third-order valence-corrected chi connectivity index (χ3v) is 5.98. The van der Waals surface area contributed by atoms with Crippen molar-refractivity contribution in [2.75, 3.05) is 31.6 Å². The third-order valence-electron chi connectivity index (χ3n) is 5.98. The summed E-state index contributed by atoms with van der Waals surface area (Å²) in [4.78, 5) is 27.9. The number of nitrogens with two attached hydrogens (primary N) is 1. The predicted octanol–water partition coefficient (Wildman–Crippen LogP) is 2.96. The van der Waals surface area contributed by atoms with Crippen LogP contribution in [-0.2, 0) is 9.59 Å². The average molecular weight is 418 g/mol. The van der Waals surface area contributed by atoms with E-state index in [0.717, 1.165) is 43.0 Å². The van der Waals surface area contributed by atoms with Gasteiger partial charge >= 0.3 is 0 Å². The van der Waals surface area contributed by atoms with Gasteiger partial charge in [0.2, 0.25) is 11.8 Å². The fourth-order valence-corrected chi connectivity index (χ4v) is 4.55. The van der Waals surface area contributed by atoms with Crippen molar-refractivity contribution in [1.29, 1.82) is 0 Å². The Hall–Kier alpha value is -2.44. The molecule has 1 atom stereocenters. The van der Waals surface area contributed by atoms with Gasteiger partial charge in [0, 0.05) is 37.4 Å². The summed E-state index contributed by atoms with van der Waals surface area (Å²) in [5.74, 6) is 1.23. The highest BCUT2D eigenvalue weighted by molar-refractivity contribution is 5.96. The number of piperazine rings is 1. The molecule has 1 aliphatic heterocycles. The van der Waals surface area contributed by atoms with Crippen LogP contribution in [0.2, 0.25) is 0 Å². The highest BCUT2D eigenvalue weighted by atomic mass is 16.5. The van der Waals surface area contributed by atoms with E-state index < -0.39 is 5.91 Å². The molecule has 166 valence electrons. The lowest BCUT2D eigenvalue weighted by Crippen LogP contribution is -2.56. The van der Waals surface area contributed by atoms with Crippen LogP contribution < -0.4 is 20.1 Å². The van der Waals surface area contributed by atoms with Gasteiger partial charge < -0.3 is 25.0 Å². The van der Waals surface area contributed by atoms with E-state index in [1.54, 1.807) is 7.11 Å². The van der Waals surface area contributed by atoms with E-state index >= 15 is 0 Å². The molecule has 1 aromatic carbocycles. The Morgan fingerprint density at radius 3 is 2.53 bits per heavy atom. The number of methoxy groups -OCH3 is 1. The maximum Gasteiger partial charge on any atom is 0.232 e. The van der Waals surface area contributed by atoms with Crippen LogP contribution in [0, 0.1) is 5.92 Å². The molecule has 0 aromatic heterocycles. The molecule has 1 saturated carbocycles. The lowest BCUT2D eigenvalue weighted by molar-refractivity contribution is -0.137. The summed E-state index contributed by atoms with van der Waals surface area (Å²) >= 11 is 0. The Kier molecular flexibility index (Phi) is 7.45.